The number of hydrogen-bond acceptors (Lipinski definition) is 2. The highest BCUT2D eigenvalue weighted by Gasteiger charge is 2.31. The summed E-state index contributed by atoms with van der Waals surface area (Å²) in [6, 6.07) is 17.2. The summed E-state index contributed by atoms with van der Waals surface area (Å²) < 4.78 is 0. The van der Waals surface area contributed by atoms with Gasteiger partial charge < -0.3 is 5.32 Å². The lowest BCUT2D eigenvalue weighted by Gasteiger charge is -2.19. The summed E-state index contributed by atoms with van der Waals surface area (Å²) in [7, 11) is 2.04. The molecule has 2 aromatic rings. The lowest BCUT2D eigenvalue weighted by molar-refractivity contribution is 0.603. The van der Waals surface area contributed by atoms with Gasteiger partial charge in [0.25, 0.3) is 0 Å². The van der Waals surface area contributed by atoms with Crippen molar-refractivity contribution >= 4 is 23.4 Å². The summed E-state index contributed by atoms with van der Waals surface area (Å²) in [6.45, 7) is 0. The summed E-state index contributed by atoms with van der Waals surface area (Å²) in [6.07, 6.45) is 1.11. The van der Waals surface area contributed by atoms with Crippen LogP contribution in [0.5, 0.6) is 0 Å². The van der Waals surface area contributed by atoms with Crippen LogP contribution in [0.25, 0.3) is 0 Å². The maximum atomic E-state index is 6.06. The van der Waals surface area contributed by atoms with Crippen LogP contribution in [0.4, 0.5) is 0 Å². The number of thioether (sulfide) groups is 1. The molecular weight excluding hydrogens is 274 g/mol. The van der Waals surface area contributed by atoms with Crippen LogP contribution in [0.15, 0.2) is 53.4 Å². The summed E-state index contributed by atoms with van der Waals surface area (Å²) in [5, 5.41) is 4.79. The molecule has 1 N–H and O–H groups in total. The third-order valence-electron chi connectivity index (χ3n) is 3.58. The molecule has 0 aliphatic heterocycles. The number of nitrogens with one attached hydrogen (secondary N) is 1. The number of benzene rings is 2. The fourth-order valence-electron chi connectivity index (χ4n) is 2.72. The molecule has 1 aliphatic rings. The van der Waals surface area contributed by atoms with Crippen molar-refractivity contribution in [1.82, 2.24) is 5.32 Å². The van der Waals surface area contributed by atoms with Gasteiger partial charge in [0.1, 0.15) is 0 Å². The second kappa shape index (κ2) is 5.58. The first kappa shape index (κ1) is 13.0. The average Bonchev–Trinajstić information content (AvgIpc) is 2.75. The van der Waals surface area contributed by atoms with Gasteiger partial charge in [-0.15, -0.1) is 11.8 Å². The smallest absolute Gasteiger partial charge is 0.0447 e. The van der Waals surface area contributed by atoms with Crippen LogP contribution in [0, 0.1) is 0 Å². The summed E-state index contributed by atoms with van der Waals surface area (Å²) >= 11 is 7.97. The van der Waals surface area contributed by atoms with Crippen molar-refractivity contribution in [2.75, 3.05) is 7.05 Å². The highest BCUT2D eigenvalue weighted by molar-refractivity contribution is 8.00. The molecule has 0 radical (unpaired) electrons. The van der Waals surface area contributed by atoms with Gasteiger partial charge in [0.15, 0.2) is 0 Å². The lowest BCUT2D eigenvalue weighted by Crippen LogP contribution is -2.23. The number of fused-ring (bicyclic) bond motifs is 1. The standard InChI is InChI=1S/C16H16ClNS/c1-18-16-14-8-3-2-5-11(14)9-15(16)19-13-7-4-6-12(17)10-13/h2-8,10,15-16,18H,9H2,1H3. The first-order valence-electron chi connectivity index (χ1n) is 6.45. The summed E-state index contributed by atoms with van der Waals surface area (Å²) in [4.78, 5) is 1.24. The van der Waals surface area contributed by atoms with Gasteiger partial charge in [0.05, 0.1) is 0 Å². The summed E-state index contributed by atoms with van der Waals surface area (Å²) in [5.74, 6) is 0. The van der Waals surface area contributed by atoms with E-state index < -0.39 is 0 Å². The van der Waals surface area contributed by atoms with Crippen LogP contribution in [-0.4, -0.2) is 12.3 Å². The second-order valence-corrected chi connectivity index (χ2v) is 6.53. The van der Waals surface area contributed by atoms with Crippen LogP contribution in [-0.2, 0) is 6.42 Å². The zero-order valence-electron chi connectivity index (χ0n) is 10.8. The molecule has 0 bridgehead atoms. The maximum absolute atomic E-state index is 6.06. The Morgan fingerprint density at radius 3 is 2.79 bits per heavy atom. The van der Waals surface area contributed by atoms with E-state index in [1.165, 1.54) is 16.0 Å². The Hall–Kier alpha value is -0.960. The Morgan fingerprint density at radius 1 is 1.16 bits per heavy atom. The van der Waals surface area contributed by atoms with Crippen LogP contribution in [0.2, 0.25) is 5.02 Å². The fraction of sp³-hybridized carbons (Fsp3) is 0.250. The Kier molecular flexibility index (Phi) is 3.83. The van der Waals surface area contributed by atoms with Crippen molar-refractivity contribution < 1.29 is 0 Å². The fourth-order valence-corrected chi connectivity index (χ4v) is 4.36. The zero-order chi connectivity index (χ0) is 13.2. The van der Waals surface area contributed by atoms with E-state index in [-0.39, 0.29) is 0 Å². The highest BCUT2D eigenvalue weighted by Crippen LogP contribution is 2.41. The van der Waals surface area contributed by atoms with Crippen LogP contribution >= 0.6 is 23.4 Å². The predicted octanol–water partition coefficient (Wildman–Crippen LogP) is 4.32. The molecule has 3 rings (SSSR count). The Labute approximate surface area is 123 Å². The van der Waals surface area contributed by atoms with Crippen molar-refractivity contribution in [2.45, 2.75) is 22.6 Å². The largest absolute Gasteiger partial charge is 0.312 e. The van der Waals surface area contributed by atoms with Gasteiger partial charge in [0, 0.05) is 21.2 Å². The number of halogens is 1. The monoisotopic (exact) mass is 289 g/mol. The highest BCUT2D eigenvalue weighted by atomic mass is 35.5. The van der Waals surface area contributed by atoms with E-state index in [4.69, 9.17) is 11.6 Å². The molecule has 98 valence electrons. The Morgan fingerprint density at radius 2 is 2.00 bits per heavy atom. The molecule has 2 unspecified atom stereocenters. The SMILES string of the molecule is CNC1c2ccccc2CC1Sc1cccc(Cl)c1. The molecule has 0 saturated heterocycles. The minimum atomic E-state index is 0.417. The minimum Gasteiger partial charge on any atom is -0.312 e. The van der Waals surface area contributed by atoms with E-state index in [2.05, 4.69) is 35.6 Å². The van der Waals surface area contributed by atoms with E-state index in [0.717, 1.165) is 11.4 Å². The molecule has 0 heterocycles. The lowest BCUT2D eigenvalue weighted by atomic mass is 10.1. The molecule has 0 aromatic heterocycles. The zero-order valence-corrected chi connectivity index (χ0v) is 12.3. The first-order chi connectivity index (χ1) is 9.28. The van der Waals surface area contributed by atoms with Crippen molar-refractivity contribution in [1.29, 1.82) is 0 Å². The molecular formula is C16H16ClNS. The molecule has 19 heavy (non-hydrogen) atoms. The van der Waals surface area contributed by atoms with Crippen molar-refractivity contribution in [2.24, 2.45) is 0 Å². The second-order valence-electron chi connectivity index (χ2n) is 4.78. The molecule has 2 aromatic carbocycles. The van der Waals surface area contributed by atoms with E-state index in [0.29, 0.717) is 11.3 Å². The Balaban J connectivity index is 1.83. The topological polar surface area (TPSA) is 12.0 Å². The van der Waals surface area contributed by atoms with Crippen LogP contribution in [0.1, 0.15) is 17.2 Å². The van der Waals surface area contributed by atoms with Crippen molar-refractivity contribution in [3.63, 3.8) is 0 Å². The molecule has 0 saturated carbocycles. The van der Waals surface area contributed by atoms with Gasteiger partial charge in [0.2, 0.25) is 0 Å². The van der Waals surface area contributed by atoms with Gasteiger partial charge in [-0.1, -0.05) is 41.9 Å². The average molecular weight is 290 g/mol. The molecule has 0 amide bonds. The number of rotatable bonds is 3. The third kappa shape index (κ3) is 2.66. The molecule has 2 atom stereocenters. The number of hydrogen-bond donors (Lipinski definition) is 1. The summed E-state index contributed by atoms with van der Waals surface area (Å²) in [5.41, 5.74) is 2.89. The molecule has 3 heteroatoms. The predicted molar refractivity (Wildman–Crippen MR) is 83.0 cm³/mol. The molecule has 0 spiro atoms. The van der Waals surface area contributed by atoms with Crippen LogP contribution < -0.4 is 5.32 Å². The quantitative estimate of drug-likeness (QED) is 0.903. The first-order valence-corrected chi connectivity index (χ1v) is 7.71. The molecule has 1 aliphatic carbocycles. The van der Waals surface area contributed by atoms with Gasteiger partial charge in [-0.3, -0.25) is 0 Å². The van der Waals surface area contributed by atoms with Gasteiger partial charge >= 0.3 is 0 Å². The van der Waals surface area contributed by atoms with Crippen LogP contribution in [0.3, 0.4) is 0 Å². The van der Waals surface area contributed by atoms with Gasteiger partial charge in [-0.25, -0.2) is 0 Å². The van der Waals surface area contributed by atoms with Gasteiger partial charge in [-0.2, -0.15) is 0 Å². The van der Waals surface area contributed by atoms with E-state index >= 15 is 0 Å². The van der Waals surface area contributed by atoms with Crippen molar-refractivity contribution in [3.8, 4) is 0 Å². The molecule has 0 fully saturated rings. The van der Waals surface area contributed by atoms with Crippen molar-refractivity contribution in [3.05, 3.63) is 64.7 Å². The normalized spacial score (nSPS) is 21.4. The van der Waals surface area contributed by atoms with E-state index in [1.807, 2.05) is 37.0 Å². The third-order valence-corrected chi connectivity index (χ3v) is 5.08. The Bertz CT molecular complexity index is 584. The maximum Gasteiger partial charge on any atom is 0.0447 e. The van der Waals surface area contributed by atoms with E-state index in [9.17, 15) is 0 Å². The van der Waals surface area contributed by atoms with Gasteiger partial charge in [-0.05, 0) is 42.8 Å². The minimum absolute atomic E-state index is 0.417. The molecule has 1 nitrogen and oxygen atoms in total. The van der Waals surface area contributed by atoms with E-state index in [1.54, 1.807) is 0 Å².